The minimum Gasteiger partial charge on any atom is -0.480 e. The third-order valence-corrected chi connectivity index (χ3v) is 3.49. The minimum atomic E-state index is -1.04. The van der Waals surface area contributed by atoms with Crippen molar-refractivity contribution < 1.29 is 14.6 Å². The molecule has 4 nitrogen and oxygen atoms in total. The van der Waals surface area contributed by atoms with Gasteiger partial charge < -0.3 is 9.84 Å². The fourth-order valence-electron chi connectivity index (χ4n) is 2.29. The van der Waals surface area contributed by atoms with Crippen LogP contribution < -0.4 is 5.32 Å². The number of nitrogens with one attached hydrogen (secondary N) is 1. The summed E-state index contributed by atoms with van der Waals surface area (Å²) in [6.07, 6.45) is 1.71. The molecule has 1 atom stereocenters. The first-order chi connectivity index (χ1) is 8.63. The average Bonchev–Trinajstić information content (AvgIpc) is 2.40. The fraction of sp³-hybridized carbons (Fsp3) is 0.500. The standard InChI is InChI=1S/C14H19NO3/c1-14(13(16)17,11-5-3-2-4-6-11)15-12-7-9-18-10-8-12/h2-6,12,15H,7-10H2,1H3,(H,16,17). The highest BCUT2D eigenvalue weighted by Crippen LogP contribution is 2.23. The van der Waals surface area contributed by atoms with E-state index in [1.54, 1.807) is 6.92 Å². The van der Waals surface area contributed by atoms with Gasteiger partial charge in [0.2, 0.25) is 0 Å². The second kappa shape index (κ2) is 5.50. The second-order valence-electron chi connectivity index (χ2n) is 4.83. The van der Waals surface area contributed by atoms with E-state index >= 15 is 0 Å². The molecule has 1 fully saturated rings. The van der Waals surface area contributed by atoms with Crippen molar-refractivity contribution in [3.63, 3.8) is 0 Å². The van der Waals surface area contributed by atoms with E-state index < -0.39 is 11.5 Å². The summed E-state index contributed by atoms with van der Waals surface area (Å²) in [6.45, 7) is 3.12. The summed E-state index contributed by atoms with van der Waals surface area (Å²) in [5, 5.41) is 12.8. The lowest BCUT2D eigenvalue weighted by Gasteiger charge is -2.33. The smallest absolute Gasteiger partial charge is 0.328 e. The van der Waals surface area contributed by atoms with Crippen molar-refractivity contribution in [2.75, 3.05) is 13.2 Å². The zero-order chi connectivity index (χ0) is 13.0. The Morgan fingerprint density at radius 3 is 2.50 bits per heavy atom. The van der Waals surface area contributed by atoms with Crippen LogP contribution in [0.5, 0.6) is 0 Å². The third kappa shape index (κ3) is 2.71. The molecule has 0 aromatic heterocycles. The number of carboxylic acids is 1. The Morgan fingerprint density at radius 2 is 1.94 bits per heavy atom. The summed E-state index contributed by atoms with van der Waals surface area (Å²) in [5.74, 6) is -0.847. The van der Waals surface area contributed by atoms with Crippen molar-refractivity contribution in [3.8, 4) is 0 Å². The molecule has 0 radical (unpaired) electrons. The van der Waals surface area contributed by atoms with Gasteiger partial charge in [0.15, 0.2) is 0 Å². The van der Waals surface area contributed by atoms with Gasteiger partial charge >= 0.3 is 5.97 Å². The summed E-state index contributed by atoms with van der Waals surface area (Å²) in [7, 11) is 0. The maximum absolute atomic E-state index is 11.6. The Hall–Kier alpha value is -1.39. The summed E-state index contributed by atoms with van der Waals surface area (Å²) >= 11 is 0. The van der Waals surface area contributed by atoms with Gasteiger partial charge in [-0.15, -0.1) is 0 Å². The Balaban J connectivity index is 2.19. The molecule has 1 aliphatic heterocycles. The molecular weight excluding hydrogens is 230 g/mol. The van der Waals surface area contributed by atoms with Crippen LogP contribution in [0.2, 0.25) is 0 Å². The van der Waals surface area contributed by atoms with E-state index in [9.17, 15) is 9.90 Å². The first-order valence-corrected chi connectivity index (χ1v) is 6.27. The first kappa shape index (κ1) is 13.1. The van der Waals surface area contributed by atoms with E-state index in [0.717, 1.165) is 18.4 Å². The summed E-state index contributed by atoms with van der Waals surface area (Å²) in [6, 6.07) is 9.51. The molecule has 0 aliphatic carbocycles. The zero-order valence-corrected chi connectivity index (χ0v) is 10.6. The lowest BCUT2D eigenvalue weighted by atomic mass is 9.90. The molecule has 2 rings (SSSR count). The summed E-state index contributed by atoms with van der Waals surface area (Å²) in [4.78, 5) is 11.6. The van der Waals surface area contributed by atoms with E-state index in [1.165, 1.54) is 0 Å². The van der Waals surface area contributed by atoms with Crippen molar-refractivity contribution in [3.05, 3.63) is 35.9 Å². The zero-order valence-electron chi connectivity index (χ0n) is 10.6. The van der Waals surface area contributed by atoms with Crippen LogP contribution in [-0.4, -0.2) is 30.3 Å². The maximum Gasteiger partial charge on any atom is 0.328 e. The quantitative estimate of drug-likeness (QED) is 0.853. The van der Waals surface area contributed by atoms with Gasteiger partial charge in [0.1, 0.15) is 5.54 Å². The molecule has 1 unspecified atom stereocenters. The highest BCUT2D eigenvalue weighted by atomic mass is 16.5. The first-order valence-electron chi connectivity index (χ1n) is 6.27. The molecule has 0 spiro atoms. The maximum atomic E-state index is 11.6. The van der Waals surface area contributed by atoms with Crippen LogP contribution in [0.15, 0.2) is 30.3 Å². The number of carboxylic acid groups (broad SMARTS) is 1. The molecule has 1 aliphatic rings. The normalized spacial score (nSPS) is 20.3. The lowest BCUT2D eigenvalue weighted by molar-refractivity contribution is -0.145. The molecule has 18 heavy (non-hydrogen) atoms. The minimum absolute atomic E-state index is 0.194. The number of aliphatic carboxylic acids is 1. The summed E-state index contributed by atoms with van der Waals surface area (Å²) in [5.41, 5.74) is -0.257. The number of ether oxygens (including phenoxy) is 1. The van der Waals surface area contributed by atoms with E-state index in [1.807, 2.05) is 30.3 Å². The molecule has 0 saturated carbocycles. The Kier molecular flexibility index (Phi) is 3.99. The van der Waals surface area contributed by atoms with E-state index in [2.05, 4.69) is 5.32 Å². The van der Waals surface area contributed by atoms with Crippen LogP contribution in [0.3, 0.4) is 0 Å². The molecular formula is C14H19NO3. The number of rotatable bonds is 4. The third-order valence-electron chi connectivity index (χ3n) is 3.49. The van der Waals surface area contributed by atoms with Crippen LogP contribution in [0.25, 0.3) is 0 Å². The summed E-state index contributed by atoms with van der Waals surface area (Å²) < 4.78 is 5.29. The van der Waals surface area contributed by atoms with Crippen molar-refractivity contribution >= 4 is 5.97 Å². The number of benzene rings is 1. The molecule has 1 saturated heterocycles. The van der Waals surface area contributed by atoms with Gasteiger partial charge in [-0.05, 0) is 25.3 Å². The molecule has 0 amide bonds. The molecule has 2 N–H and O–H groups in total. The molecule has 1 aromatic carbocycles. The Bertz CT molecular complexity index is 401. The molecule has 1 heterocycles. The second-order valence-corrected chi connectivity index (χ2v) is 4.83. The molecule has 0 bridgehead atoms. The van der Waals surface area contributed by atoms with Gasteiger partial charge in [0.05, 0.1) is 0 Å². The van der Waals surface area contributed by atoms with Crippen LogP contribution in [0, 0.1) is 0 Å². The number of hydrogen-bond donors (Lipinski definition) is 2. The number of hydrogen-bond acceptors (Lipinski definition) is 3. The van der Waals surface area contributed by atoms with Gasteiger partial charge in [0.25, 0.3) is 0 Å². The molecule has 1 aromatic rings. The van der Waals surface area contributed by atoms with Crippen molar-refractivity contribution in [2.24, 2.45) is 0 Å². The van der Waals surface area contributed by atoms with Gasteiger partial charge in [-0.25, -0.2) is 4.79 Å². The average molecular weight is 249 g/mol. The predicted octanol–water partition coefficient (Wildman–Crippen LogP) is 1.75. The largest absolute Gasteiger partial charge is 0.480 e. The van der Waals surface area contributed by atoms with Crippen molar-refractivity contribution in [1.29, 1.82) is 0 Å². The van der Waals surface area contributed by atoms with Crippen LogP contribution in [-0.2, 0) is 15.1 Å². The Morgan fingerprint density at radius 1 is 1.33 bits per heavy atom. The monoisotopic (exact) mass is 249 g/mol. The Labute approximate surface area is 107 Å². The highest BCUT2D eigenvalue weighted by Gasteiger charge is 2.37. The van der Waals surface area contributed by atoms with Crippen molar-refractivity contribution in [1.82, 2.24) is 5.32 Å². The van der Waals surface area contributed by atoms with E-state index in [4.69, 9.17) is 4.74 Å². The number of carbonyl (C=O) groups is 1. The molecule has 4 heteroatoms. The topological polar surface area (TPSA) is 58.6 Å². The van der Waals surface area contributed by atoms with Crippen LogP contribution in [0.4, 0.5) is 0 Å². The van der Waals surface area contributed by atoms with E-state index in [-0.39, 0.29) is 6.04 Å². The molecule has 98 valence electrons. The van der Waals surface area contributed by atoms with Gasteiger partial charge in [-0.1, -0.05) is 30.3 Å². The van der Waals surface area contributed by atoms with Crippen molar-refractivity contribution in [2.45, 2.75) is 31.3 Å². The van der Waals surface area contributed by atoms with Gasteiger partial charge in [-0.3, -0.25) is 5.32 Å². The highest BCUT2D eigenvalue weighted by molar-refractivity contribution is 5.80. The van der Waals surface area contributed by atoms with Gasteiger partial charge in [-0.2, -0.15) is 0 Å². The van der Waals surface area contributed by atoms with Crippen LogP contribution in [0.1, 0.15) is 25.3 Å². The lowest BCUT2D eigenvalue weighted by Crippen LogP contribution is -2.52. The van der Waals surface area contributed by atoms with Crippen LogP contribution >= 0.6 is 0 Å². The predicted molar refractivity (Wildman–Crippen MR) is 68.4 cm³/mol. The van der Waals surface area contributed by atoms with E-state index in [0.29, 0.717) is 13.2 Å². The fourth-order valence-corrected chi connectivity index (χ4v) is 2.29. The SMILES string of the molecule is CC(NC1CCOCC1)(C(=O)O)c1ccccc1. The van der Waals surface area contributed by atoms with Gasteiger partial charge in [0, 0.05) is 19.3 Å².